The van der Waals surface area contributed by atoms with Gasteiger partial charge in [0.15, 0.2) is 6.61 Å². The van der Waals surface area contributed by atoms with Crippen LogP contribution in [0.2, 0.25) is 0 Å². The van der Waals surface area contributed by atoms with E-state index in [9.17, 15) is 14.4 Å². The summed E-state index contributed by atoms with van der Waals surface area (Å²) in [6, 6.07) is 11.3. The molecule has 0 saturated heterocycles. The number of nitrogens with zero attached hydrogens (tertiary/aromatic N) is 1. The van der Waals surface area contributed by atoms with Crippen molar-refractivity contribution in [3.8, 4) is 17.2 Å². The van der Waals surface area contributed by atoms with Crippen molar-refractivity contribution < 1.29 is 28.6 Å². The lowest BCUT2D eigenvalue weighted by Gasteiger charge is -2.11. The minimum Gasteiger partial charge on any atom is -0.497 e. The molecule has 3 amide bonds. The maximum Gasteiger partial charge on any atom is 0.329 e. The summed E-state index contributed by atoms with van der Waals surface area (Å²) in [5, 5.41) is 6.16. The van der Waals surface area contributed by atoms with Gasteiger partial charge in [0.05, 0.1) is 26.1 Å². The predicted octanol–water partition coefficient (Wildman–Crippen LogP) is 0.657. The second kappa shape index (κ2) is 10.3. The van der Waals surface area contributed by atoms with Gasteiger partial charge in [0.2, 0.25) is 0 Å². The van der Waals surface area contributed by atoms with E-state index < -0.39 is 17.7 Å². The average molecular weight is 400 g/mol. The van der Waals surface area contributed by atoms with Gasteiger partial charge in [-0.25, -0.2) is 5.43 Å². The molecule has 2 rings (SSSR count). The second-order valence-corrected chi connectivity index (χ2v) is 5.54. The molecule has 152 valence electrons. The molecule has 0 saturated carbocycles. The molecule has 2 aromatic carbocycles. The van der Waals surface area contributed by atoms with Gasteiger partial charge < -0.3 is 25.3 Å². The van der Waals surface area contributed by atoms with Gasteiger partial charge in [-0.05, 0) is 42.0 Å². The molecule has 10 heteroatoms. The van der Waals surface area contributed by atoms with Crippen LogP contribution in [0.15, 0.2) is 47.6 Å². The lowest BCUT2D eigenvalue weighted by atomic mass is 10.2. The van der Waals surface area contributed by atoms with Gasteiger partial charge in [0.1, 0.15) is 17.2 Å². The Labute approximate surface area is 166 Å². The smallest absolute Gasteiger partial charge is 0.329 e. The standard InChI is InChI=1S/C19H20N4O6/c1-27-14-7-8-16(28-2)15(9-14)22-18(25)19(26)23-21-10-12-3-5-13(6-4-12)29-11-17(20)24/h3-10H,11H2,1-2H3,(H2,20,24)(H,22,25)(H,23,26)/b21-10+. The Balaban J connectivity index is 1.91. The van der Waals surface area contributed by atoms with Crippen LogP contribution in [0.3, 0.4) is 0 Å². The minimum atomic E-state index is -0.965. The first-order valence-corrected chi connectivity index (χ1v) is 8.30. The summed E-state index contributed by atoms with van der Waals surface area (Å²) >= 11 is 0. The molecule has 2 aromatic rings. The summed E-state index contributed by atoms with van der Waals surface area (Å²) in [6.45, 7) is -0.226. The van der Waals surface area contributed by atoms with Crippen molar-refractivity contribution in [1.82, 2.24) is 5.43 Å². The number of nitrogens with two attached hydrogens (primary N) is 1. The predicted molar refractivity (Wildman–Crippen MR) is 105 cm³/mol. The van der Waals surface area contributed by atoms with Gasteiger partial charge >= 0.3 is 11.8 Å². The van der Waals surface area contributed by atoms with Crippen LogP contribution in [0, 0.1) is 0 Å². The lowest BCUT2D eigenvalue weighted by Crippen LogP contribution is -2.32. The molecular formula is C19H20N4O6. The number of hydrogen-bond donors (Lipinski definition) is 3. The molecule has 0 unspecified atom stereocenters. The molecule has 0 fully saturated rings. The maximum atomic E-state index is 12.0. The normalized spacial score (nSPS) is 10.3. The number of hydrazone groups is 1. The van der Waals surface area contributed by atoms with E-state index in [1.165, 1.54) is 26.5 Å². The first-order chi connectivity index (χ1) is 13.9. The molecule has 0 aliphatic heterocycles. The third-order valence-electron chi connectivity index (χ3n) is 3.50. The van der Waals surface area contributed by atoms with E-state index in [1.54, 1.807) is 36.4 Å². The fourth-order valence-corrected chi connectivity index (χ4v) is 2.11. The maximum absolute atomic E-state index is 12.0. The first-order valence-electron chi connectivity index (χ1n) is 8.30. The van der Waals surface area contributed by atoms with Crippen LogP contribution in [0.4, 0.5) is 5.69 Å². The Morgan fingerprint density at radius 2 is 1.69 bits per heavy atom. The Morgan fingerprint density at radius 1 is 1.00 bits per heavy atom. The van der Waals surface area contributed by atoms with Crippen molar-refractivity contribution in [3.05, 3.63) is 48.0 Å². The van der Waals surface area contributed by atoms with Crippen molar-refractivity contribution in [2.75, 3.05) is 26.1 Å². The molecule has 0 aromatic heterocycles. The Hall–Kier alpha value is -4.08. The molecule has 0 radical (unpaired) electrons. The molecule has 10 nitrogen and oxygen atoms in total. The number of carbonyl (C=O) groups excluding carboxylic acids is 3. The van der Waals surface area contributed by atoms with Gasteiger partial charge in [0, 0.05) is 6.07 Å². The zero-order chi connectivity index (χ0) is 21.2. The minimum absolute atomic E-state index is 0.226. The zero-order valence-corrected chi connectivity index (χ0v) is 15.8. The fourth-order valence-electron chi connectivity index (χ4n) is 2.11. The van der Waals surface area contributed by atoms with E-state index in [1.807, 2.05) is 0 Å². The van der Waals surface area contributed by atoms with E-state index in [-0.39, 0.29) is 12.3 Å². The van der Waals surface area contributed by atoms with Gasteiger partial charge in [-0.3, -0.25) is 14.4 Å². The molecule has 0 bridgehead atoms. The molecule has 0 heterocycles. The summed E-state index contributed by atoms with van der Waals surface area (Å²) in [5.41, 5.74) is 8.03. The van der Waals surface area contributed by atoms with Crippen LogP contribution >= 0.6 is 0 Å². The van der Waals surface area contributed by atoms with E-state index in [0.717, 1.165) is 0 Å². The van der Waals surface area contributed by atoms with Crippen molar-refractivity contribution in [1.29, 1.82) is 0 Å². The monoisotopic (exact) mass is 400 g/mol. The third kappa shape index (κ3) is 6.54. The Kier molecular flexibility index (Phi) is 7.54. The van der Waals surface area contributed by atoms with Crippen molar-refractivity contribution >= 4 is 29.6 Å². The zero-order valence-electron chi connectivity index (χ0n) is 15.8. The number of primary amides is 1. The summed E-state index contributed by atoms with van der Waals surface area (Å²) in [7, 11) is 2.91. The van der Waals surface area contributed by atoms with E-state index in [2.05, 4.69) is 15.8 Å². The van der Waals surface area contributed by atoms with E-state index >= 15 is 0 Å². The number of nitrogens with one attached hydrogen (secondary N) is 2. The van der Waals surface area contributed by atoms with Gasteiger partial charge in [-0.15, -0.1) is 0 Å². The lowest BCUT2D eigenvalue weighted by molar-refractivity contribution is -0.136. The number of anilines is 1. The quantitative estimate of drug-likeness (QED) is 0.338. The highest BCUT2D eigenvalue weighted by atomic mass is 16.5. The summed E-state index contributed by atoms with van der Waals surface area (Å²) < 4.78 is 15.3. The molecule has 0 aliphatic rings. The number of ether oxygens (including phenoxy) is 3. The van der Waals surface area contributed by atoms with Crippen LogP contribution in [0.5, 0.6) is 17.2 Å². The molecule has 0 atom stereocenters. The van der Waals surface area contributed by atoms with Crippen molar-refractivity contribution in [3.63, 3.8) is 0 Å². The van der Waals surface area contributed by atoms with Crippen LogP contribution in [-0.4, -0.2) is 44.8 Å². The Bertz CT molecular complexity index is 911. The number of benzene rings is 2. The highest BCUT2D eigenvalue weighted by Gasteiger charge is 2.16. The van der Waals surface area contributed by atoms with Gasteiger partial charge in [-0.2, -0.15) is 5.10 Å². The molecular weight excluding hydrogens is 380 g/mol. The second-order valence-electron chi connectivity index (χ2n) is 5.54. The highest BCUT2D eigenvalue weighted by molar-refractivity contribution is 6.39. The van der Waals surface area contributed by atoms with Gasteiger partial charge in [0.25, 0.3) is 5.91 Å². The third-order valence-corrected chi connectivity index (χ3v) is 3.50. The number of carbonyl (C=O) groups is 3. The van der Waals surface area contributed by atoms with Crippen LogP contribution in [-0.2, 0) is 14.4 Å². The molecule has 29 heavy (non-hydrogen) atoms. The summed E-state index contributed by atoms with van der Waals surface area (Å²) in [5.74, 6) is -1.16. The van der Waals surface area contributed by atoms with Crippen LogP contribution in [0.25, 0.3) is 0 Å². The number of amides is 3. The van der Waals surface area contributed by atoms with Crippen molar-refractivity contribution in [2.24, 2.45) is 10.8 Å². The molecule has 0 spiro atoms. The summed E-state index contributed by atoms with van der Waals surface area (Å²) in [6.07, 6.45) is 1.34. The van der Waals surface area contributed by atoms with E-state index in [0.29, 0.717) is 22.8 Å². The molecule has 0 aliphatic carbocycles. The number of methoxy groups -OCH3 is 2. The largest absolute Gasteiger partial charge is 0.497 e. The van der Waals surface area contributed by atoms with E-state index in [4.69, 9.17) is 19.9 Å². The van der Waals surface area contributed by atoms with Crippen molar-refractivity contribution in [2.45, 2.75) is 0 Å². The van der Waals surface area contributed by atoms with Crippen LogP contribution in [0.1, 0.15) is 5.56 Å². The molecule has 4 N–H and O–H groups in total. The SMILES string of the molecule is COc1ccc(OC)c(NC(=O)C(=O)N/N=C/c2ccc(OCC(N)=O)cc2)c1. The first kappa shape index (κ1) is 21.2. The topological polar surface area (TPSA) is 141 Å². The fraction of sp³-hybridized carbons (Fsp3) is 0.158. The van der Waals surface area contributed by atoms with Gasteiger partial charge in [-0.1, -0.05) is 0 Å². The Morgan fingerprint density at radius 3 is 2.31 bits per heavy atom. The highest BCUT2D eigenvalue weighted by Crippen LogP contribution is 2.28. The average Bonchev–Trinajstić information content (AvgIpc) is 2.72. The summed E-state index contributed by atoms with van der Waals surface area (Å²) in [4.78, 5) is 34.6. The van der Waals surface area contributed by atoms with Crippen LogP contribution < -0.4 is 30.7 Å². The number of rotatable bonds is 8. The number of hydrogen-bond acceptors (Lipinski definition) is 7.